The maximum Gasteiger partial charge on any atom is 0.0485 e. The first-order valence-corrected chi connectivity index (χ1v) is 8.24. The summed E-state index contributed by atoms with van der Waals surface area (Å²) >= 11 is 0. The molecule has 1 aliphatic rings. The summed E-state index contributed by atoms with van der Waals surface area (Å²) < 4.78 is 6.76. The molecule has 1 aliphatic carbocycles. The Labute approximate surface area is 130 Å². The van der Waals surface area contributed by atoms with Gasteiger partial charge in [0, 0.05) is 37.4 Å². The third-order valence-electron chi connectivity index (χ3n) is 3.98. The molecule has 2 nitrogen and oxygen atoms in total. The van der Waals surface area contributed by atoms with Gasteiger partial charge in [-0.05, 0) is 43.7 Å². The van der Waals surface area contributed by atoms with E-state index in [4.69, 9.17) is 0 Å². The zero-order valence-electron chi connectivity index (χ0n) is 14.6. The molecule has 0 radical (unpaired) electrons. The van der Waals surface area contributed by atoms with Crippen LogP contribution in [0.1, 0.15) is 57.7 Å². The summed E-state index contributed by atoms with van der Waals surface area (Å²) in [6, 6.07) is 8.89. The number of hydrogen-bond donors (Lipinski definition) is 0. The van der Waals surface area contributed by atoms with Crippen molar-refractivity contribution < 1.29 is 4.74 Å². The highest BCUT2D eigenvalue weighted by Gasteiger charge is 2.23. The van der Waals surface area contributed by atoms with E-state index < -0.39 is 0 Å². The Morgan fingerprint density at radius 1 is 1.19 bits per heavy atom. The van der Waals surface area contributed by atoms with Crippen LogP contribution in [0.2, 0.25) is 0 Å². The summed E-state index contributed by atoms with van der Waals surface area (Å²) in [7, 11) is 3.25. The molecule has 3 rings (SSSR count). The zero-order chi connectivity index (χ0) is 15.8. The van der Waals surface area contributed by atoms with Gasteiger partial charge in [0.2, 0.25) is 0 Å². The zero-order valence-corrected chi connectivity index (χ0v) is 14.6. The van der Waals surface area contributed by atoms with Crippen molar-refractivity contribution in [1.82, 2.24) is 4.57 Å². The number of aromatic nitrogens is 1. The number of ether oxygens (including phenoxy) is 1. The molecule has 118 valence electrons. The monoisotopic (exact) mass is 289 g/mol. The number of para-hydroxylation sites is 1. The molecule has 2 aromatic rings. The first kappa shape index (κ1) is 17.8. The predicted octanol–water partition coefficient (Wildman–Crippen LogP) is 5.39. The van der Waals surface area contributed by atoms with Gasteiger partial charge in [-0.3, -0.25) is 0 Å². The van der Waals surface area contributed by atoms with Crippen LogP contribution in [-0.4, -0.2) is 18.8 Å². The number of benzene rings is 1. The molecule has 0 aliphatic heterocycles. The van der Waals surface area contributed by atoms with Crippen LogP contribution in [0.25, 0.3) is 10.9 Å². The van der Waals surface area contributed by atoms with Gasteiger partial charge in [-0.2, -0.15) is 0 Å². The Hall–Kier alpha value is -1.28. The van der Waals surface area contributed by atoms with Crippen LogP contribution in [0.5, 0.6) is 0 Å². The van der Waals surface area contributed by atoms with E-state index in [0.717, 1.165) is 12.5 Å². The minimum Gasteiger partial charge on any atom is -0.388 e. The van der Waals surface area contributed by atoms with Gasteiger partial charge in [-0.25, -0.2) is 0 Å². The normalized spacial score (nSPS) is 16.4. The molecule has 1 aromatic heterocycles. The first-order valence-electron chi connectivity index (χ1n) is 8.24. The molecule has 2 heteroatoms. The molecule has 0 bridgehead atoms. The van der Waals surface area contributed by atoms with E-state index in [2.05, 4.69) is 47.4 Å². The lowest BCUT2D eigenvalue weighted by Crippen LogP contribution is -2.09. The van der Waals surface area contributed by atoms with E-state index in [1.54, 1.807) is 25.5 Å². The number of nitrogens with zero attached hydrogens (tertiary/aromatic N) is 1. The number of aryl methyl sites for hydroxylation is 1. The summed E-state index contributed by atoms with van der Waals surface area (Å²) in [5.74, 6) is 0.737. The highest BCUT2D eigenvalue weighted by molar-refractivity contribution is 5.86. The topological polar surface area (TPSA) is 14.2 Å². The van der Waals surface area contributed by atoms with Crippen LogP contribution < -0.4 is 0 Å². The maximum absolute atomic E-state index is 4.25. The Morgan fingerprint density at radius 3 is 2.43 bits per heavy atom. The third kappa shape index (κ3) is 3.68. The number of rotatable bonds is 1. The maximum atomic E-state index is 4.25. The van der Waals surface area contributed by atoms with Crippen molar-refractivity contribution in [2.45, 2.75) is 59.4 Å². The molecule has 0 N–H and O–H groups in total. The van der Waals surface area contributed by atoms with Crippen molar-refractivity contribution in [2.24, 2.45) is 0 Å². The van der Waals surface area contributed by atoms with Crippen molar-refractivity contribution in [3.05, 3.63) is 35.5 Å². The van der Waals surface area contributed by atoms with Crippen LogP contribution in [0.4, 0.5) is 0 Å². The predicted molar refractivity (Wildman–Crippen MR) is 93.2 cm³/mol. The molecular formula is C19H31NO. The third-order valence-corrected chi connectivity index (χ3v) is 3.98. The lowest BCUT2D eigenvalue weighted by Gasteiger charge is -2.20. The lowest BCUT2D eigenvalue weighted by molar-refractivity contribution is 0.277. The fraction of sp³-hybridized carbons (Fsp3) is 0.579. The number of methoxy groups -OCH3 is 1. The van der Waals surface area contributed by atoms with Gasteiger partial charge in [0.05, 0.1) is 0 Å². The molecule has 21 heavy (non-hydrogen) atoms. The Morgan fingerprint density at radius 2 is 1.81 bits per heavy atom. The molecule has 0 fully saturated rings. The Balaban J connectivity index is 0.000000395. The van der Waals surface area contributed by atoms with E-state index in [-0.39, 0.29) is 0 Å². The fourth-order valence-electron chi connectivity index (χ4n) is 3.28. The first-order chi connectivity index (χ1) is 10.2. The van der Waals surface area contributed by atoms with Crippen LogP contribution in [0.3, 0.4) is 0 Å². The van der Waals surface area contributed by atoms with E-state index >= 15 is 0 Å². The highest BCUT2D eigenvalue weighted by atomic mass is 16.4. The highest BCUT2D eigenvalue weighted by Crippen LogP contribution is 2.38. The fourth-order valence-corrected chi connectivity index (χ4v) is 3.28. The van der Waals surface area contributed by atoms with Crippen molar-refractivity contribution in [1.29, 1.82) is 0 Å². The average Bonchev–Trinajstić information content (AvgIpc) is 2.85. The van der Waals surface area contributed by atoms with Crippen molar-refractivity contribution >= 4 is 10.9 Å². The van der Waals surface area contributed by atoms with E-state index in [9.17, 15) is 0 Å². The largest absolute Gasteiger partial charge is 0.388 e. The summed E-state index contributed by atoms with van der Waals surface area (Å²) in [4.78, 5) is 0. The molecule has 0 saturated heterocycles. The van der Waals surface area contributed by atoms with Crippen molar-refractivity contribution in [3.8, 4) is 0 Å². The van der Waals surface area contributed by atoms with E-state index in [1.807, 2.05) is 13.8 Å². The SMILES string of the molecule is CC.CCn1c2c(c3ccccc31)C(C)CCC2.COC. The molecule has 1 heterocycles. The van der Waals surface area contributed by atoms with Crippen LogP contribution in [0, 0.1) is 0 Å². The van der Waals surface area contributed by atoms with Gasteiger partial charge in [0.1, 0.15) is 0 Å². The van der Waals surface area contributed by atoms with Crippen molar-refractivity contribution in [2.75, 3.05) is 14.2 Å². The molecule has 1 unspecified atom stereocenters. The number of fused-ring (bicyclic) bond motifs is 3. The standard InChI is InChI=1S/C15H19N.C2H6O.C2H6/c1-3-16-13-9-5-4-8-12(13)15-11(2)7-6-10-14(15)16;1-3-2;1-2/h4-5,8-9,11H,3,6-7,10H2,1-2H3;1-2H3;1-2H3. The van der Waals surface area contributed by atoms with Crippen LogP contribution in [-0.2, 0) is 17.7 Å². The molecule has 1 atom stereocenters. The second-order valence-corrected chi connectivity index (χ2v) is 5.32. The second kappa shape index (κ2) is 8.89. The van der Waals surface area contributed by atoms with Crippen molar-refractivity contribution in [3.63, 3.8) is 0 Å². The van der Waals surface area contributed by atoms with Gasteiger partial charge in [-0.15, -0.1) is 0 Å². The Kier molecular flexibility index (Phi) is 7.52. The van der Waals surface area contributed by atoms with Crippen LogP contribution >= 0.6 is 0 Å². The molecule has 0 saturated carbocycles. The minimum absolute atomic E-state index is 0.737. The van der Waals surface area contributed by atoms with Gasteiger partial charge in [0.15, 0.2) is 0 Å². The summed E-state index contributed by atoms with van der Waals surface area (Å²) in [5, 5.41) is 1.49. The van der Waals surface area contributed by atoms with E-state index in [1.165, 1.54) is 30.2 Å². The van der Waals surface area contributed by atoms with E-state index in [0.29, 0.717) is 0 Å². The molecule has 1 aromatic carbocycles. The van der Waals surface area contributed by atoms with Gasteiger partial charge in [0.25, 0.3) is 0 Å². The summed E-state index contributed by atoms with van der Waals surface area (Å²) in [6.07, 6.45) is 3.97. The van der Waals surface area contributed by atoms with Gasteiger partial charge in [-0.1, -0.05) is 39.0 Å². The minimum atomic E-state index is 0.737. The summed E-state index contributed by atoms with van der Waals surface area (Å²) in [5.41, 5.74) is 4.66. The molecule has 0 spiro atoms. The average molecular weight is 289 g/mol. The molecule has 0 amide bonds. The van der Waals surface area contributed by atoms with Gasteiger partial charge < -0.3 is 9.30 Å². The Bertz CT molecular complexity index is 542. The number of hydrogen-bond acceptors (Lipinski definition) is 1. The smallest absolute Gasteiger partial charge is 0.0485 e. The lowest BCUT2D eigenvalue weighted by atomic mass is 9.86. The quantitative estimate of drug-likeness (QED) is 0.686. The van der Waals surface area contributed by atoms with Gasteiger partial charge >= 0.3 is 0 Å². The van der Waals surface area contributed by atoms with Crippen LogP contribution in [0.15, 0.2) is 24.3 Å². The summed E-state index contributed by atoms with van der Waals surface area (Å²) in [6.45, 7) is 9.74. The second-order valence-electron chi connectivity index (χ2n) is 5.32. The molecular weight excluding hydrogens is 258 g/mol.